The Morgan fingerprint density at radius 1 is 0.508 bits per heavy atom. The Morgan fingerprint density at radius 2 is 0.723 bits per heavy atom. The van der Waals surface area contributed by atoms with Crippen molar-refractivity contribution in [2.75, 3.05) is 54.4 Å². The SMILES string of the molecule is CN(C)CCNS(=O)(=O)c1c(F)c(F)c(F)c(F)c1F.CN(C)CCNS(=O)(=O)c1c(F)c(F)c(N=[N+]=[N-])c(F)c1F.ClC(Cl)Cl.O=S(=O)(Cl)c1c(F)c(F)c(F)c(F)c1F.[N-]=[N+]=[N-].[Na+]. The molecule has 0 fully saturated rings. The van der Waals surface area contributed by atoms with E-state index in [4.69, 9.17) is 51.4 Å². The number of benzene rings is 3. The molecule has 0 saturated heterocycles. The van der Waals surface area contributed by atoms with Crippen LogP contribution in [0.4, 0.5) is 67.2 Å². The summed E-state index contributed by atoms with van der Waals surface area (Å²) in [5.74, 6) is -32.5. The zero-order chi connectivity index (χ0) is 51.0. The molecule has 0 unspecified atom stereocenters. The third-order valence-corrected chi connectivity index (χ3v) is 10.4. The molecule has 0 amide bonds. The first-order chi connectivity index (χ1) is 29.0. The van der Waals surface area contributed by atoms with Crippen LogP contribution in [0.1, 0.15) is 0 Å². The zero-order valence-corrected chi connectivity index (χ0v) is 39.9. The van der Waals surface area contributed by atoms with E-state index >= 15 is 0 Å². The van der Waals surface area contributed by atoms with Gasteiger partial charge in [-0.25, -0.2) is 96.2 Å². The quantitative estimate of drug-likeness (QED) is 0.0273. The van der Waals surface area contributed by atoms with Gasteiger partial charge < -0.3 is 20.9 Å². The van der Waals surface area contributed by atoms with Crippen molar-refractivity contribution >= 4 is 80.3 Å². The van der Waals surface area contributed by atoms with Crippen molar-refractivity contribution in [3.63, 3.8) is 0 Å². The number of alkyl halides is 3. The second-order valence-corrected chi connectivity index (χ2v) is 19.0. The van der Waals surface area contributed by atoms with E-state index in [9.17, 15) is 86.7 Å². The molecule has 0 atom stereocenters. The van der Waals surface area contributed by atoms with Crippen molar-refractivity contribution in [3.05, 3.63) is 108 Å². The molecule has 0 aromatic heterocycles. The van der Waals surface area contributed by atoms with Crippen LogP contribution < -0.4 is 39.0 Å². The first kappa shape index (κ1) is 66.4. The van der Waals surface area contributed by atoms with Gasteiger partial charge in [0.05, 0.1) is 0 Å². The molecule has 0 heterocycles. The number of sulfonamides is 2. The van der Waals surface area contributed by atoms with Gasteiger partial charge in [0.15, 0.2) is 88.8 Å². The number of azide groups is 1. The van der Waals surface area contributed by atoms with Crippen molar-refractivity contribution < 1.29 is 116 Å². The van der Waals surface area contributed by atoms with E-state index in [-0.39, 0.29) is 55.7 Å². The summed E-state index contributed by atoms with van der Waals surface area (Å²) in [4.78, 5) is 0.895. The van der Waals surface area contributed by atoms with Gasteiger partial charge in [-0.05, 0) is 33.7 Å². The summed E-state index contributed by atoms with van der Waals surface area (Å²) in [6.45, 7) is -0.136. The standard InChI is InChI=1S/C10H11F5N2O2S.C10H11F4N5O2S.C6ClF5O2S.CHCl3.N3.Na/c1-17(2)4-3-16-20(18,19)10-8(14)6(12)5(11)7(13)9(10)15;1-19(2)4-3-16-22(20,21)10-7(13)5(11)9(17-18-15)6(12)8(10)14;7-15(13,14)6-4(11)2(9)1(8)3(10)5(6)12;2-1(3)4;1-3-2;/h16H,3-4H2,1-2H3;16H,3-4H2,1-2H3;;1H;;/q;;;;-1;+1. The maximum absolute atomic E-state index is 13.7. The molecule has 0 bridgehead atoms. The monoisotopic (exact) mass is 1110 g/mol. The smallest absolute Gasteiger partial charge is 0.373 e. The average Bonchev–Trinajstić information content (AvgIpc) is 3.15. The molecule has 362 valence electrons. The van der Waals surface area contributed by atoms with E-state index < -0.39 is 135 Å². The van der Waals surface area contributed by atoms with Gasteiger partial charge >= 0.3 is 29.6 Å². The van der Waals surface area contributed by atoms with E-state index in [1.165, 1.54) is 4.91 Å². The molecule has 3 rings (SSSR count). The predicted molar refractivity (Wildman–Crippen MR) is 199 cm³/mol. The largest absolute Gasteiger partial charge is 1.00 e. The van der Waals surface area contributed by atoms with Crippen LogP contribution in [0, 0.1) is 81.4 Å². The third kappa shape index (κ3) is 19.7. The normalized spacial score (nSPS) is 11.1. The second-order valence-electron chi connectivity index (χ2n) is 11.1. The first-order valence-electron chi connectivity index (χ1n) is 15.1. The molecule has 0 spiro atoms. The Kier molecular flexibility index (Phi) is 29.8. The van der Waals surface area contributed by atoms with Crippen LogP contribution in [0.3, 0.4) is 0 Å². The van der Waals surface area contributed by atoms with Crippen molar-refractivity contribution in [2.24, 2.45) is 5.11 Å². The van der Waals surface area contributed by atoms with Crippen LogP contribution in [0.2, 0.25) is 0 Å². The molecule has 3 aromatic carbocycles. The summed E-state index contributed by atoms with van der Waals surface area (Å²) in [5.41, 5.74) is 20.0. The molecule has 38 heteroatoms. The minimum absolute atomic E-state index is 0. The van der Waals surface area contributed by atoms with Gasteiger partial charge in [0.1, 0.15) is 5.69 Å². The number of nitrogens with one attached hydrogen (secondary N) is 2. The predicted octanol–water partition coefficient (Wildman–Crippen LogP) is 5.41. The summed E-state index contributed by atoms with van der Waals surface area (Å²) in [6, 6.07) is 0. The Hall–Kier alpha value is -2.85. The minimum atomic E-state index is -5.05. The molecule has 2 N–H and O–H groups in total. The van der Waals surface area contributed by atoms with E-state index in [1.807, 2.05) is 9.63 Å². The van der Waals surface area contributed by atoms with E-state index in [1.54, 1.807) is 42.7 Å². The summed E-state index contributed by atoms with van der Waals surface area (Å²) < 4.78 is 253. The summed E-state index contributed by atoms with van der Waals surface area (Å²) in [5, 5.41) is 2.46. The molecule has 3 aromatic rings. The fourth-order valence-electron chi connectivity index (χ4n) is 3.54. The summed E-state index contributed by atoms with van der Waals surface area (Å²) in [6.07, 6.45) is 0. The Balaban J connectivity index is -0.000000829. The Bertz CT molecular complexity index is 2500. The van der Waals surface area contributed by atoms with Gasteiger partial charge in [0.25, 0.3) is 9.05 Å². The number of hydrogen-bond acceptors (Lipinski definition) is 9. The number of rotatable bonds is 12. The van der Waals surface area contributed by atoms with Gasteiger partial charge in [-0.1, -0.05) is 39.9 Å². The van der Waals surface area contributed by atoms with Gasteiger partial charge in [-0.3, -0.25) is 4.91 Å². The van der Waals surface area contributed by atoms with Crippen molar-refractivity contribution in [1.82, 2.24) is 19.2 Å². The molecule has 65 heavy (non-hydrogen) atoms. The fourth-order valence-corrected chi connectivity index (χ4v) is 6.86. The van der Waals surface area contributed by atoms with Crippen LogP contribution in [-0.2, 0) is 29.1 Å². The molecule has 0 aliphatic rings. The van der Waals surface area contributed by atoms with Crippen molar-refractivity contribution in [1.29, 1.82) is 0 Å². The van der Waals surface area contributed by atoms with Crippen molar-refractivity contribution in [3.8, 4) is 0 Å². The summed E-state index contributed by atoms with van der Waals surface area (Å²) >= 11 is 14.4. The van der Waals surface area contributed by atoms with E-state index in [0.29, 0.717) is 0 Å². The molecule has 16 nitrogen and oxygen atoms in total. The van der Waals surface area contributed by atoms with Gasteiger partial charge in [0.2, 0.25) is 31.7 Å². The topological polar surface area (TPSA) is 240 Å². The van der Waals surface area contributed by atoms with Gasteiger partial charge in [-0.2, -0.15) is 0 Å². The first-order valence-corrected chi connectivity index (χ1v) is 21.7. The number of halogens is 18. The number of nitrogens with zero attached hydrogens (tertiary/aromatic N) is 8. The van der Waals surface area contributed by atoms with Crippen LogP contribution in [0.15, 0.2) is 19.8 Å². The third-order valence-electron chi connectivity index (χ3n) is 6.17. The molecule has 0 radical (unpaired) electrons. The van der Waals surface area contributed by atoms with Crippen LogP contribution in [0.5, 0.6) is 0 Å². The molecule has 0 aliphatic heterocycles. The maximum atomic E-state index is 13.7. The van der Waals surface area contributed by atoms with E-state index in [0.717, 1.165) is 0 Å². The molecule has 0 saturated carbocycles. The summed E-state index contributed by atoms with van der Waals surface area (Å²) in [7, 11) is -3.80. The van der Waals surface area contributed by atoms with Crippen LogP contribution in [-0.4, -0.2) is 93.7 Å². The Morgan fingerprint density at radius 3 is 0.938 bits per heavy atom. The second kappa shape index (κ2) is 29.1. The average molecular weight is 1110 g/mol. The van der Waals surface area contributed by atoms with Crippen LogP contribution >= 0.6 is 45.5 Å². The minimum Gasteiger partial charge on any atom is -0.373 e. The zero-order valence-electron chi connectivity index (χ0n) is 32.5. The Labute approximate surface area is 399 Å². The number of hydrogen-bond donors (Lipinski definition) is 2. The van der Waals surface area contributed by atoms with Crippen molar-refractivity contribution in [2.45, 2.75) is 19.0 Å². The fraction of sp³-hybridized carbons (Fsp3) is 0.333. The number of likely N-dealkylation sites (N-methyl/N-ethyl adjacent to an activating group) is 2. The molecule has 0 aliphatic carbocycles. The van der Waals surface area contributed by atoms with Gasteiger partial charge in [-0.15, -0.1) is 0 Å². The molecular formula is C27H23Cl4F14N10NaO6S3. The van der Waals surface area contributed by atoms with Crippen LogP contribution in [0.25, 0.3) is 26.4 Å². The molecular weight excluding hydrogens is 1090 g/mol. The van der Waals surface area contributed by atoms with E-state index in [2.05, 4.69) is 15.8 Å². The van der Waals surface area contributed by atoms with Gasteiger partial charge in [0, 0.05) is 41.8 Å². The maximum Gasteiger partial charge on any atom is 1.00 e.